The van der Waals surface area contributed by atoms with E-state index in [-0.39, 0.29) is 17.2 Å². The van der Waals surface area contributed by atoms with Gasteiger partial charge < -0.3 is 14.5 Å². The van der Waals surface area contributed by atoms with Crippen LogP contribution in [-0.4, -0.2) is 54.1 Å². The number of esters is 1. The van der Waals surface area contributed by atoms with Gasteiger partial charge in [0.05, 0.1) is 12.0 Å². The Balaban J connectivity index is 2.12. The molecule has 3 rings (SSSR count). The van der Waals surface area contributed by atoms with Crippen LogP contribution in [0.25, 0.3) is 0 Å². The van der Waals surface area contributed by atoms with Gasteiger partial charge >= 0.3 is 11.7 Å². The summed E-state index contributed by atoms with van der Waals surface area (Å²) in [6, 6.07) is 0. The lowest BCUT2D eigenvalue weighted by molar-refractivity contribution is -0.384. The molecule has 9 nitrogen and oxygen atoms in total. The zero-order chi connectivity index (χ0) is 18.1. The minimum absolute atomic E-state index is 0.222. The minimum atomic E-state index is -0.809. The number of carbonyl (C=O) groups is 1. The van der Waals surface area contributed by atoms with Crippen LogP contribution in [0.2, 0.25) is 0 Å². The van der Waals surface area contributed by atoms with Gasteiger partial charge in [0.15, 0.2) is 0 Å². The molecule has 1 aromatic heterocycles. The number of methoxy groups -OCH3 is 1. The summed E-state index contributed by atoms with van der Waals surface area (Å²) in [5.41, 5.74) is -0.636. The molecule has 2 atom stereocenters. The molecule has 0 aromatic carbocycles. The van der Waals surface area contributed by atoms with E-state index in [1.807, 2.05) is 9.80 Å². The molecule has 0 spiro atoms. The van der Waals surface area contributed by atoms with Gasteiger partial charge in [0, 0.05) is 26.2 Å². The first-order valence-electron chi connectivity index (χ1n) is 8.55. The largest absolute Gasteiger partial charge is 0.464 e. The fourth-order valence-electron chi connectivity index (χ4n) is 3.44. The van der Waals surface area contributed by atoms with E-state index in [2.05, 4.69) is 23.8 Å². The molecule has 0 amide bonds. The average molecular weight is 349 g/mol. The third-order valence-corrected chi connectivity index (χ3v) is 4.85. The van der Waals surface area contributed by atoms with Crippen LogP contribution in [0.3, 0.4) is 0 Å². The fourth-order valence-corrected chi connectivity index (χ4v) is 3.44. The quantitative estimate of drug-likeness (QED) is 0.461. The maximum Gasteiger partial charge on any atom is 0.364 e. The molecule has 25 heavy (non-hydrogen) atoms. The predicted molar refractivity (Wildman–Crippen MR) is 92.0 cm³/mol. The maximum atomic E-state index is 12.1. The zero-order valence-corrected chi connectivity index (χ0v) is 14.8. The molecule has 0 N–H and O–H groups in total. The fraction of sp³-hybridized carbons (Fsp3) is 0.688. The number of hydrogen-bond acceptors (Lipinski definition) is 8. The molecule has 136 valence electrons. The van der Waals surface area contributed by atoms with Crippen LogP contribution in [0.15, 0.2) is 0 Å². The summed E-state index contributed by atoms with van der Waals surface area (Å²) in [6.45, 7) is 7.13. The van der Waals surface area contributed by atoms with Crippen LogP contribution in [0, 0.1) is 22.0 Å². The number of nitrogens with zero attached hydrogens (tertiary/aromatic N) is 5. The second-order valence-electron chi connectivity index (χ2n) is 6.97. The molecule has 0 saturated carbocycles. The Hall–Kier alpha value is -2.45. The number of nitro groups is 1. The van der Waals surface area contributed by atoms with Crippen LogP contribution in [-0.2, 0) is 4.74 Å². The minimum Gasteiger partial charge on any atom is -0.464 e. The van der Waals surface area contributed by atoms with E-state index in [9.17, 15) is 14.9 Å². The lowest BCUT2D eigenvalue weighted by Gasteiger charge is -2.21. The molecule has 3 heterocycles. The van der Waals surface area contributed by atoms with Crippen molar-refractivity contribution in [1.29, 1.82) is 0 Å². The summed E-state index contributed by atoms with van der Waals surface area (Å²) in [6.07, 6.45) is 1.94. The summed E-state index contributed by atoms with van der Waals surface area (Å²) < 4.78 is 4.73. The monoisotopic (exact) mass is 349 g/mol. The van der Waals surface area contributed by atoms with Crippen LogP contribution < -0.4 is 9.80 Å². The molecule has 1 aromatic rings. The highest BCUT2D eigenvalue weighted by Gasteiger charge is 2.36. The van der Waals surface area contributed by atoms with Crippen molar-refractivity contribution < 1.29 is 14.5 Å². The van der Waals surface area contributed by atoms with Crippen molar-refractivity contribution >= 4 is 23.4 Å². The van der Waals surface area contributed by atoms with Gasteiger partial charge in [-0.1, -0.05) is 13.8 Å². The molecule has 2 aliphatic rings. The molecular weight excluding hydrogens is 326 g/mol. The summed E-state index contributed by atoms with van der Waals surface area (Å²) in [5.74, 6) is 0.697. The Morgan fingerprint density at radius 2 is 1.76 bits per heavy atom. The van der Waals surface area contributed by atoms with Crippen molar-refractivity contribution in [2.45, 2.75) is 26.7 Å². The number of ether oxygens (including phenoxy) is 1. The summed E-state index contributed by atoms with van der Waals surface area (Å²) in [7, 11) is 1.20. The summed E-state index contributed by atoms with van der Waals surface area (Å²) in [5, 5.41) is 11.7. The Labute approximate surface area is 146 Å². The van der Waals surface area contributed by atoms with Crippen molar-refractivity contribution in [3.8, 4) is 0 Å². The third-order valence-electron chi connectivity index (χ3n) is 4.85. The van der Waals surface area contributed by atoms with Crippen LogP contribution in [0.1, 0.15) is 37.2 Å². The molecule has 2 saturated heterocycles. The first kappa shape index (κ1) is 17.4. The summed E-state index contributed by atoms with van der Waals surface area (Å²) in [4.78, 5) is 35.8. The Morgan fingerprint density at radius 1 is 1.16 bits per heavy atom. The number of carbonyl (C=O) groups excluding carboxylic acids is 1. The molecule has 2 fully saturated rings. The van der Waals surface area contributed by atoms with Gasteiger partial charge in [-0.05, 0) is 24.7 Å². The van der Waals surface area contributed by atoms with Gasteiger partial charge in [0.1, 0.15) is 0 Å². The van der Waals surface area contributed by atoms with Crippen molar-refractivity contribution in [2.75, 3.05) is 43.1 Å². The molecular formula is C16H23N5O4. The Bertz CT molecular complexity index is 695. The van der Waals surface area contributed by atoms with Gasteiger partial charge in [0.25, 0.3) is 0 Å². The second kappa shape index (κ2) is 6.81. The number of anilines is 2. The number of rotatable bonds is 4. The van der Waals surface area contributed by atoms with E-state index >= 15 is 0 Å². The smallest absolute Gasteiger partial charge is 0.364 e. The van der Waals surface area contributed by atoms with E-state index in [0.717, 1.165) is 25.9 Å². The molecule has 0 bridgehead atoms. The first-order chi connectivity index (χ1) is 11.9. The predicted octanol–water partition coefficient (Wildman–Crippen LogP) is 1.86. The van der Waals surface area contributed by atoms with Crippen LogP contribution in [0.5, 0.6) is 0 Å². The zero-order valence-electron chi connectivity index (χ0n) is 14.8. The molecule has 2 aliphatic heterocycles. The van der Waals surface area contributed by atoms with Gasteiger partial charge in [-0.15, -0.1) is 0 Å². The van der Waals surface area contributed by atoms with Crippen LogP contribution in [0.4, 0.5) is 17.5 Å². The molecule has 9 heteroatoms. The molecule has 0 unspecified atom stereocenters. The highest BCUT2D eigenvalue weighted by Crippen LogP contribution is 2.35. The Kier molecular flexibility index (Phi) is 4.73. The van der Waals surface area contributed by atoms with Crippen molar-refractivity contribution in [2.24, 2.45) is 11.8 Å². The average Bonchev–Trinajstić information content (AvgIpc) is 3.21. The van der Waals surface area contributed by atoms with Gasteiger partial charge in [-0.3, -0.25) is 10.1 Å². The highest BCUT2D eigenvalue weighted by atomic mass is 16.6. The summed E-state index contributed by atoms with van der Waals surface area (Å²) >= 11 is 0. The van der Waals surface area contributed by atoms with E-state index in [1.54, 1.807) is 0 Å². The van der Waals surface area contributed by atoms with Crippen molar-refractivity contribution in [1.82, 2.24) is 9.97 Å². The Morgan fingerprint density at radius 3 is 2.24 bits per heavy atom. The van der Waals surface area contributed by atoms with E-state index in [4.69, 9.17) is 4.74 Å². The molecule has 0 radical (unpaired) electrons. The first-order valence-corrected chi connectivity index (χ1v) is 8.55. The van der Waals surface area contributed by atoms with Gasteiger partial charge in [0.2, 0.25) is 17.5 Å². The van der Waals surface area contributed by atoms with E-state index in [0.29, 0.717) is 30.9 Å². The van der Waals surface area contributed by atoms with Crippen LogP contribution >= 0.6 is 0 Å². The lowest BCUT2D eigenvalue weighted by atomic mass is 10.2. The highest BCUT2D eigenvalue weighted by molar-refractivity contribution is 5.94. The van der Waals surface area contributed by atoms with E-state index < -0.39 is 10.9 Å². The topological polar surface area (TPSA) is 102 Å². The third kappa shape index (κ3) is 3.35. The lowest BCUT2D eigenvalue weighted by Crippen LogP contribution is -2.28. The van der Waals surface area contributed by atoms with Crippen molar-refractivity contribution in [3.63, 3.8) is 0 Å². The van der Waals surface area contributed by atoms with Crippen molar-refractivity contribution in [3.05, 3.63) is 15.8 Å². The van der Waals surface area contributed by atoms with E-state index in [1.165, 1.54) is 7.11 Å². The molecule has 0 aliphatic carbocycles. The SMILES string of the molecule is COC(=O)c1nc(N2CC[C@@H](C)C2)nc(N2CC[C@H](C)C2)c1[N+](=O)[O-]. The normalized spacial score (nSPS) is 23.2. The number of hydrogen-bond donors (Lipinski definition) is 0. The second-order valence-corrected chi connectivity index (χ2v) is 6.97. The van der Waals surface area contributed by atoms with Gasteiger partial charge in [-0.2, -0.15) is 9.97 Å². The number of aromatic nitrogens is 2. The maximum absolute atomic E-state index is 12.1. The van der Waals surface area contributed by atoms with Gasteiger partial charge in [-0.25, -0.2) is 4.79 Å². The standard InChI is InChI=1S/C16H23N5O4/c1-10-4-6-19(8-10)14-13(21(23)24)12(15(22)25-3)17-16(18-14)20-7-5-11(2)9-20/h10-11H,4-9H2,1-3H3/t10-,11+/m0/s1.